The van der Waals surface area contributed by atoms with Crippen molar-refractivity contribution in [3.63, 3.8) is 0 Å². The predicted octanol–water partition coefficient (Wildman–Crippen LogP) is 1.17. The number of nitrogen functional groups attached to an aromatic ring is 1. The van der Waals surface area contributed by atoms with E-state index in [1.165, 1.54) is 50.6 Å². The van der Waals surface area contributed by atoms with Crippen molar-refractivity contribution in [3.8, 4) is 11.5 Å². The lowest BCUT2D eigenvalue weighted by Gasteiger charge is -2.11. The van der Waals surface area contributed by atoms with Gasteiger partial charge in [0.2, 0.25) is 0 Å². The van der Waals surface area contributed by atoms with Crippen LogP contribution in [0.25, 0.3) is 11.0 Å². The van der Waals surface area contributed by atoms with Gasteiger partial charge in [0, 0.05) is 11.8 Å². The number of methoxy groups -OCH3 is 2. The Morgan fingerprint density at radius 1 is 1.08 bits per heavy atom. The lowest BCUT2D eigenvalue weighted by Crippen LogP contribution is -2.25. The van der Waals surface area contributed by atoms with E-state index in [0.29, 0.717) is 20.9 Å². The van der Waals surface area contributed by atoms with E-state index in [1.807, 2.05) is 0 Å². The standard InChI is InChI=1S/C15H15N3O5S/c1-22-10-4-6-14(13(8-10)23-2)24(20,21)18-12-5-3-9(16)7-11(12)17-15(18)19/h3-8H,16H2,1-2H3,(H,17,19). The first-order valence-corrected chi connectivity index (χ1v) is 8.30. The fourth-order valence-corrected chi connectivity index (χ4v) is 3.95. The second-order valence-corrected chi connectivity index (χ2v) is 6.75. The molecule has 3 rings (SSSR count). The van der Waals surface area contributed by atoms with Gasteiger partial charge in [-0.3, -0.25) is 0 Å². The van der Waals surface area contributed by atoms with Crippen LogP contribution >= 0.6 is 0 Å². The van der Waals surface area contributed by atoms with E-state index < -0.39 is 15.7 Å². The molecule has 8 nitrogen and oxygen atoms in total. The normalized spacial score (nSPS) is 11.6. The molecular weight excluding hydrogens is 334 g/mol. The number of nitrogens with two attached hydrogens (primary N) is 1. The Morgan fingerprint density at radius 2 is 1.83 bits per heavy atom. The van der Waals surface area contributed by atoms with E-state index >= 15 is 0 Å². The Kier molecular flexibility index (Phi) is 3.72. The van der Waals surface area contributed by atoms with Gasteiger partial charge in [0.1, 0.15) is 16.4 Å². The van der Waals surface area contributed by atoms with Crippen LogP contribution in [0.2, 0.25) is 0 Å². The van der Waals surface area contributed by atoms with Crippen molar-refractivity contribution in [2.24, 2.45) is 0 Å². The molecule has 24 heavy (non-hydrogen) atoms. The van der Waals surface area contributed by atoms with Gasteiger partial charge in [-0.1, -0.05) is 0 Å². The summed E-state index contributed by atoms with van der Waals surface area (Å²) >= 11 is 0. The summed E-state index contributed by atoms with van der Waals surface area (Å²) in [6.45, 7) is 0. The summed E-state index contributed by atoms with van der Waals surface area (Å²) in [5.41, 5.74) is 5.83. The summed E-state index contributed by atoms with van der Waals surface area (Å²) in [4.78, 5) is 14.6. The lowest BCUT2D eigenvalue weighted by atomic mass is 10.3. The van der Waals surface area contributed by atoms with Gasteiger partial charge in [0.25, 0.3) is 10.0 Å². The number of ether oxygens (including phenoxy) is 2. The van der Waals surface area contributed by atoms with Gasteiger partial charge in [-0.25, -0.2) is 13.2 Å². The molecule has 1 heterocycles. The molecule has 0 unspecified atom stereocenters. The molecule has 0 amide bonds. The first kappa shape index (κ1) is 15.9. The van der Waals surface area contributed by atoms with Crippen LogP contribution in [0.1, 0.15) is 0 Å². The third-order valence-corrected chi connectivity index (χ3v) is 5.29. The number of H-pyrrole nitrogens is 1. The van der Waals surface area contributed by atoms with E-state index in [-0.39, 0.29) is 16.2 Å². The highest BCUT2D eigenvalue weighted by atomic mass is 32.2. The Morgan fingerprint density at radius 3 is 2.50 bits per heavy atom. The quantitative estimate of drug-likeness (QED) is 0.683. The van der Waals surface area contributed by atoms with Crippen LogP contribution in [0.5, 0.6) is 11.5 Å². The zero-order valence-electron chi connectivity index (χ0n) is 12.9. The molecule has 0 fully saturated rings. The van der Waals surface area contributed by atoms with Gasteiger partial charge in [0.05, 0.1) is 25.3 Å². The molecule has 0 atom stereocenters. The summed E-state index contributed by atoms with van der Waals surface area (Å²) in [5, 5.41) is 0. The Bertz CT molecular complexity index is 1080. The van der Waals surface area contributed by atoms with Crippen LogP contribution in [0.15, 0.2) is 46.1 Å². The maximum atomic E-state index is 13.0. The highest BCUT2D eigenvalue weighted by molar-refractivity contribution is 7.90. The highest BCUT2D eigenvalue weighted by Gasteiger charge is 2.26. The molecule has 2 aromatic carbocycles. The van der Waals surface area contributed by atoms with E-state index in [0.717, 1.165) is 0 Å². The summed E-state index contributed by atoms with van der Waals surface area (Å²) in [6.07, 6.45) is 0. The molecule has 0 bridgehead atoms. The number of rotatable bonds is 4. The van der Waals surface area contributed by atoms with E-state index in [2.05, 4.69) is 4.98 Å². The molecule has 0 aliphatic carbocycles. The number of benzene rings is 2. The number of aromatic nitrogens is 2. The smallest absolute Gasteiger partial charge is 0.340 e. The molecule has 0 radical (unpaired) electrons. The van der Waals surface area contributed by atoms with Gasteiger partial charge in [-0.15, -0.1) is 0 Å². The van der Waals surface area contributed by atoms with E-state index in [4.69, 9.17) is 15.2 Å². The van der Waals surface area contributed by atoms with Gasteiger partial charge in [0.15, 0.2) is 0 Å². The lowest BCUT2D eigenvalue weighted by molar-refractivity contribution is 0.386. The zero-order valence-corrected chi connectivity index (χ0v) is 13.8. The minimum absolute atomic E-state index is 0.0750. The monoisotopic (exact) mass is 349 g/mol. The van der Waals surface area contributed by atoms with Crippen LogP contribution < -0.4 is 20.9 Å². The number of nitrogens with zero attached hydrogens (tertiary/aromatic N) is 1. The average Bonchev–Trinajstić information content (AvgIpc) is 2.89. The van der Waals surface area contributed by atoms with Crippen molar-refractivity contribution in [3.05, 3.63) is 46.9 Å². The van der Waals surface area contributed by atoms with Crippen molar-refractivity contribution in [2.45, 2.75) is 4.90 Å². The molecule has 0 aliphatic heterocycles. The van der Waals surface area contributed by atoms with Gasteiger partial charge in [-0.05, 0) is 30.3 Å². The molecule has 0 spiro atoms. The topological polar surface area (TPSA) is 116 Å². The van der Waals surface area contributed by atoms with Crippen molar-refractivity contribution in [2.75, 3.05) is 20.0 Å². The van der Waals surface area contributed by atoms with E-state index in [9.17, 15) is 13.2 Å². The van der Waals surface area contributed by atoms with E-state index in [1.54, 1.807) is 0 Å². The zero-order chi connectivity index (χ0) is 17.5. The van der Waals surface area contributed by atoms with Crippen molar-refractivity contribution >= 4 is 26.7 Å². The number of nitrogens with one attached hydrogen (secondary N) is 1. The third kappa shape index (κ3) is 2.38. The first-order valence-electron chi connectivity index (χ1n) is 6.86. The van der Waals surface area contributed by atoms with Crippen LogP contribution in [-0.2, 0) is 10.0 Å². The molecule has 3 N–H and O–H groups in total. The molecule has 0 saturated heterocycles. The van der Waals surface area contributed by atoms with Gasteiger partial charge < -0.3 is 20.2 Å². The number of aromatic amines is 1. The summed E-state index contributed by atoms with van der Waals surface area (Å²) in [5.74, 6) is 0.510. The number of imidazole rings is 1. The minimum atomic E-state index is -4.18. The molecular formula is C15H15N3O5S. The third-order valence-electron chi connectivity index (χ3n) is 3.55. The van der Waals surface area contributed by atoms with Crippen LogP contribution in [0, 0.1) is 0 Å². The Balaban J connectivity index is 2.30. The van der Waals surface area contributed by atoms with Crippen LogP contribution in [0.3, 0.4) is 0 Å². The van der Waals surface area contributed by atoms with Crippen LogP contribution in [-0.4, -0.2) is 31.6 Å². The number of fused-ring (bicyclic) bond motifs is 1. The Labute approximate surface area is 137 Å². The van der Waals surface area contributed by atoms with Crippen LogP contribution in [0.4, 0.5) is 5.69 Å². The number of hydrogen-bond acceptors (Lipinski definition) is 6. The largest absolute Gasteiger partial charge is 0.497 e. The number of hydrogen-bond donors (Lipinski definition) is 2. The first-order chi connectivity index (χ1) is 11.4. The van der Waals surface area contributed by atoms with Crippen molar-refractivity contribution < 1.29 is 17.9 Å². The fourth-order valence-electron chi connectivity index (χ4n) is 2.43. The van der Waals surface area contributed by atoms with Crippen molar-refractivity contribution in [1.82, 2.24) is 8.96 Å². The summed E-state index contributed by atoms with van der Waals surface area (Å²) < 4.78 is 36.9. The molecule has 126 valence electrons. The minimum Gasteiger partial charge on any atom is -0.497 e. The highest BCUT2D eigenvalue weighted by Crippen LogP contribution is 2.30. The molecule has 9 heteroatoms. The van der Waals surface area contributed by atoms with Gasteiger partial charge >= 0.3 is 5.69 Å². The van der Waals surface area contributed by atoms with Gasteiger partial charge in [-0.2, -0.15) is 3.97 Å². The second-order valence-electron chi connectivity index (χ2n) is 4.99. The maximum absolute atomic E-state index is 13.0. The van der Waals surface area contributed by atoms with Crippen molar-refractivity contribution in [1.29, 1.82) is 0 Å². The second kappa shape index (κ2) is 5.60. The fraction of sp³-hybridized carbons (Fsp3) is 0.133. The maximum Gasteiger partial charge on any atom is 0.340 e. The molecule has 1 aromatic heterocycles. The predicted molar refractivity (Wildman–Crippen MR) is 89.1 cm³/mol. The Hall–Kier alpha value is -2.94. The number of anilines is 1. The summed E-state index contributed by atoms with van der Waals surface area (Å²) in [7, 11) is -1.39. The molecule has 3 aromatic rings. The SMILES string of the molecule is COc1ccc(S(=O)(=O)n2c(=O)[nH]c3cc(N)ccc32)c(OC)c1. The average molecular weight is 349 g/mol. The molecule has 0 aliphatic rings. The summed E-state index contributed by atoms with van der Waals surface area (Å²) in [6, 6.07) is 8.73. The molecule has 0 saturated carbocycles.